The third kappa shape index (κ3) is 4.71. The number of benzene rings is 2. The van der Waals surface area contributed by atoms with E-state index in [1.807, 2.05) is 4.57 Å². The molecule has 1 aliphatic heterocycles. The van der Waals surface area contributed by atoms with Crippen LogP contribution in [-0.2, 0) is 11.3 Å². The number of ketones is 1. The number of hydrogen-bond acceptors (Lipinski definition) is 6. The van der Waals surface area contributed by atoms with E-state index >= 15 is 0 Å². The molecule has 2 heterocycles. The van der Waals surface area contributed by atoms with Crippen LogP contribution in [0.3, 0.4) is 0 Å². The number of methoxy groups -OCH3 is 1. The molecule has 1 aromatic heterocycles. The second kappa shape index (κ2) is 9.40. The van der Waals surface area contributed by atoms with E-state index in [0.29, 0.717) is 28.8 Å². The fourth-order valence-electron chi connectivity index (χ4n) is 3.37. The SMILES string of the molecule is COc1cccc(C(=O)CSc2nnc(-c3ccc(F)cc3)n2C[C@H]2CCCO2)c1. The second-order valence-corrected chi connectivity index (χ2v) is 7.95. The molecule has 0 radical (unpaired) electrons. The summed E-state index contributed by atoms with van der Waals surface area (Å²) >= 11 is 1.33. The minimum atomic E-state index is -0.303. The predicted octanol–water partition coefficient (Wildman–Crippen LogP) is 4.25. The highest BCUT2D eigenvalue weighted by atomic mass is 32.2. The zero-order chi connectivity index (χ0) is 20.9. The van der Waals surface area contributed by atoms with Crippen molar-refractivity contribution in [1.82, 2.24) is 14.8 Å². The predicted molar refractivity (Wildman–Crippen MR) is 112 cm³/mol. The number of Topliss-reactive ketones (excluding diaryl/α,β-unsaturated/α-hetero) is 1. The molecule has 0 bridgehead atoms. The van der Waals surface area contributed by atoms with Gasteiger partial charge in [0.15, 0.2) is 16.8 Å². The highest BCUT2D eigenvalue weighted by Gasteiger charge is 2.22. The van der Waals surface area contributed by atoms with Crippen molar-refractivity contribution in [2.24, 2.45) is 0 Å². The third-order valence-corrected chi connectivity index (χ3v) is 5.92. The maximum Gasteiger partial charge on any atom is 0.192 e. The Labute approximate surface area is 178 Å². The highest BCUT2D eigenvalue weighted by molar-refractivity contribution is 7.99. The van der Waals surface area contributed by atoms with E-state index in [2.05, 4.69) is 10.2 Å². The standard InChI is InChI=1S/C22H22FN3O3S/c1-28-18-5-2-4-16(12-18)20(27)14-30-22-25-24-21(15-7-9-17(23)10-8-15)26(22)13-19-6-3-11-29-19/h2,4-5,7-10,12,19H,3,6,11,13-14H2,1H3/t19-/m1/s1. The topological polar surface area (TPSA) is 66.2 Å². The van der Waals surface area contributed by atoms with Crippen LogP contribution in [0.1, 0.15) is 23.2 Å². The van der Waals surface area contributed by atoms with Crippen LogP contribution in [0.4, 0.5) is 4.39 Å². The first-order chi connectivity index (χ1) is 14.6. The summed E-state index contributed by atoms with van der Waals surface area (Å²) < 4.78 is 26.3. The van der Waals surface area contributed by atoms with Crippen molar-refractivity contribution in [3.63, 3.8) is 0 Å². The molecule has 0 N–H and O–H groups in total. The lowest BCUT2D eigenvalue weighted by Gasteiger charge is -2.14. The monoisotopic (exact) mass is 427 g/mol. The lowest BCUT2D eigenvalue weighted by Crippen LogP contribution is -2.17. The van der Waals surface area contributed by atoms with Gasteiger partial charge in [-0.2, -0.15) is 0 Å². The normalized spacial score (nSPS) is 16.0. The summed E-state index contributed by atoms with van der Waals surface area (Å²) in [6.45, 7) is 1.34. The Morgan fingerprint density at radius 3 is 2.83 bits per heavy atom. The Morgan fingerprint density at radius 2 is 2.10 bits per heavy atom. The number of hydrogen-bond donors (Lipinski definition) is 0. The van der Waals surface area contributed by atoms with Gasteiger partial charge >= 0.3 is 0 Å². The van der Waals surface area contributed by atoms with Crippen LogP contribution in [0.15, 0.2) is 53.7 Å². The van der Waals surface area contributed by atoms with Gasteiger partial charge in [0, 0.05) is 17.7 Å². The average molecular weight is 428 g/mol. The van der Waals surface area contributed by atoms with E-state index in [1.165, 1.54) is 23.9 Å². The van der Waals surface area contributed by atoms with Crippen LogP contribution in [0.25, 0.3) is 11.4 Å². The third-order valence-electron chi connectivity index (χ3n) is 4.95. The fourth-order valence-corrected chi connectivity index (χ4v) is 4.22. The van der Waals surface area contributed by atoms with Crippen LogP contribution >= 0.6 is 11.8 Å². The van der Waals surface area contributed by atoms with E-state index in [1.54, 1.807) is 43.5 Å². The van der Waals surface area contributed by atoms with Crippen LogP contribution in [-0.4, -0.2) is 46.1 Å². The molecule has 3 aromatic rings. The lowest BCUT2D eigenvalue weighted by molar-refractivity contribution is 0.0953. The number of rotatable bonds is 8. The summed E-state index contributed by atoms with van der Waals surface area (Å²) in [6.07, 6.45) is 2.07. The maximum atomic E-state index is 13.3. The number of thioether (sulfide) groups is 1. The van der Waals surface area contributed by atoms with E-state index in [4.69, 9.17) is 9.47 Å². The van der Waals surface area contributed by atoms with Gasteiger partial charge in [-0.3, -0.25) is 9.36 Å². The van der Waals surface area contributed by atoms with E-state index < -0.39 is 0 Å². The number of nitrogens with zero attached hydrogens (tertiary/aromatic N) is 3. The second-order valence-electron chi connectivity index (χ2n) is 7.00. The highest BCUT2D eigenvalue weighted by Crippen LogP contribution is 2.27. The van der Waals surface area contributed by atoms with Crippen molar-refractivity contribution < 1.29 is 18.7 Å². The minimum absolute atomic E-state index is 0.0195. The molecule has 4 rings (SSSR count). The van der Waals surface area contributed by atoms with Gasteiger partial charge in [0.2, 0.25) is 0 Å². The summed E-state index contributed by atoms with van der Waals surface area (Å²) in [4.78, 5) is 12.7. The quantitative estimate of drug-likeness (QED) is 0.396. The van der Waals surface area contributed by atoms with Gasteiger partial charge in [-0.25, -0.2) is 4.39 Å². The molecular weight excluding hydrogens is 405 g/mol. The van der Waals surface area contributed by atoms with Gasteiger partial charge in [0.25, 0.3) is 0 Å². The Morgan fingerprint density at radius 1 is 1.27 bits per heavy atom. The van der Waals surface area contributed by atoms with Gasteiger partial charge in [0.1, 0.15) is 11.6 Å². The van der Waals surface area contributed by atoms with Crippen molar-refractivity contribution in [2.45, 2.75) is 30.6 Å². The van der Waals surface area contributed by atoms with Gasteiger partial charge in [-0.15, -0.1) is 10.2 Å². The molecule has 30 heavy (non-hydrogen) atoms. The molecule has 1 aliphatic rings. The lowest BCUT2D eigenvalue weighted by atomic mass is 10.1. The molecule has 8 heteroatoms. The molecule has 0 saturated carbocycles. The number of carbonyl (C=O) groups excluding carboxylic acids is 1. The van der Waals surface area contributed by atoms with Gasteiger partial charge in [-0.05, 0) is 49.2 Å². The molecule has 0 unspecified atom stereocenters. The molecule has 1 saturated heterocycles. The van der Waals surface area contributed by atoms with Crippen LogP contribution < -0.4 is 4.74 Å². The smallest absolute Gasteiger partial charge is 0.192 e. The Kier molecular flexibility index (Phi) is 6.44. The summed E-state index contributed by atoms with van der Waals surface area (Å²) in [5.41, 5.74) is 1.36. The van der Waals surface area contributed by atoms with Crippen LogP contribution in [0, 0.1) is 5.82 Å². The zero-order valence-electron chi connectivity index (χ0n) is 16.6. The minimum Gasteiger partial charge on any atom is -0.497 e. The summed E-state index contributed by atoms with van der Waals surface area (Å²) in [6, 6.07) is 13.3. The van der Waals surface area contributed by atoms with Gasteiger partial charge in [-0.1, -0.05) is 23.9 Å². The van der Waals surface area contributed by atoms with Crippen molar-refractivity contribution in [1.29, 1.82) is 0 Å². The molecule has 1 atom stereocenters. The number of ether oxygens (including phenoxy) is 2. The Hall–Kier alpha value is -2.71. The van der Waals surface area contributed by atoms with Crippen LogP contribution in [0.2, 0.25) is 0 Å². The van der Waals surface area contributed by atoms with Gasteiger partial charge in [0.05, 0.1) is 25.5 Å². The Balaban J connectivity index is 1.55. The summed E-state index contributed by atoms with van der Waals surface area (Å²) in [5.74, 6) is 1.18. The van der Waals surface area contributed by atoms with Crippen molar-refractivity contribution >= 4 is 17.5 Å². The molecule has 0 spiro atoms. The van der Waals surface area contributed by atoms with Gasteiger partial charge < -0.3 is 9.47 Å². The van der Waals surface area contributed by atoms with Crippen molar-refractivity contribution in [3.05, 3.63) is 59.9 Å². The average Bonchev–Trinajstić information content (AvgIpc) is 3.43. The first-order valence-corrected chi connectivity index (χ1v) is 10.7. The number of halogens is 1. The van der Waals surface area contributed by atoms with Crippen LogP contribution in [0.5, 0.6) is 5.75 Å². The summed E-state index contributed by atoms with van der Waals surface area (Å²) in [7, 11) is 1.57. The molecular formula is C22H22FN3O3S. The maximum absolute atomic E-state index is 13.3. The summed E-state index contributed by atoms with van der Waals surface area (Å²) in [5, 5.41) is 9.26. The molecule has 0 aliphatic carbocycles. The fraction of sp³-hybridized carbons (Fsp3) is 0.318. The molecule has 156 valence electrons. The zero-order valence-corrected chi connectivity index (χ0v) is 17.4. The largest absolute Gasteiger partial charge is 0.497 e. The molecule has 0 amide bonds. The van der Waals surface area contributed by atoms with E-state index in [-0.39, 0.29) is 23.5 Å². The van der Waals surface area contributed by atoms with E-state index in [0.717, 1.165) is 25.0 Å². The first-order valence-electron chi connectivity index (χ1n) is 9.75. The van der Waals surface area contributed by atoms with Crippen molar-refractivity contribution in [2.75, 3.05) is 19.5 Å². The number of carbonyl (C=O) groups is 1. The van der Waals surface area contributed by atoms with Crippen molar-refractivity contribution in [3.8, 4) is 17.1 Å². The number of aromatic nitrogens is 3. The van der Waals surface area contributed by atoms with E-state index in [9.17, 15) is 9.18 Å². The Bertz CT molecular complexity index is 1020. The molecule has 6 nitrogen and oxygen atoms in total. The molecule has 2 aromatic carbocycles. The molecule has 1 fully saturated rings. The first kappa shape index (κ1) is 20.6.